The van der Waals surface area contributed by atoms with Gasteiger partial charge in [-0.2, -0.15) is 13.2 Å². The van der Waals surface area contributed by atoms with Crippen molar-refractivity contribution >= 4 is 11.6 Å². The van der Waals surface area contributed by atoms with Gasteiger partial charge < -0.3 is 15.5 Å². The molecule has 0 saturated carbocycles. The lowest BCUT2D eigenvalue weighted by molar-refractivity contribution is -0.137. The molecule has 4 N–H and O–H groups in total. The molecule has 0 aliphatic heterocycles. The topological polar surface area (TPSA) is 76.4 Å². The molecule has 0 bridgehead atoms. The first kappa shape index (κ1) is 17.3. The Bertz CT molecular complexity index is 516. The van der Waals surface area contributed by atoms with Crippen LogP contribution in [0.4, 0.5) is 18.9 Å². The number of hydrazine groups is 1. The highest BCUT2D eigenvalue weighted by Gasteiger charge is 2.35. The summed E-state index contributed by atoms with van der Waals surface area (Å²) < 4.78 is 43.7. The van der Waals surface area contributed by atoms with Crippen molar-refractivity contribution in [2.24, 2.45) is 5.84 Å². The van der Waals surface area contributed by atoms with Crippen molar-refractivity contribution in [1.82, 2.24) is 5.32 Å². The number of nitrogen functional groups attached to an aromatic ring is 1. The number of amides is 1. The van der Waals surface area contributed by atoms with Gasteiger partial charge in [0.1, 0.15) is 0 Å². The normalized spacial score (nSPS) is 12.1. The molecule has 0 radical (unpaired) electrons. The second kappa shape index (κ2) is 6.31. The van der Waals surface area contributed by atoms with Crippen molar-refractivity contribution in [2.45, 2.75) is 25.6 Å². The van der Waals surface area contributed by atoms with Gasteiger partial charge in [-0.1, -0.05) is 6.07 Å². The highest BCUT2D eigenvalue weighted by Crippen LogP contribution is 2.36. The Labute approximate surface area is 120 Å². The molecule has 0 heterocycles. The molecule has 1 amide bonds. The molecule has 8 heteroatoms. The van der Waals surface area contributed by atoms with Gasteiger partial charge in [0.15, 0.2) is 0 Å². The van der Waals surface area contributed by atoms with Crippen LogP contribution in [0.3, 0.4) is 0 Å². The Morgan fingerprint density at radius 3 is 2.43 bits per heavy atom. The van der Waals surface area contributed by atoms with Gasteiger partial charge in [0.05, 0.1) is 22.4 Å². The highest BCUT2D eigenvalue weighted by atomic mass is 19.4. The summed E-state index contributed by atoms with van der Waals surface area (Å²) in [5.74, 6) is 4.47. The molecule has 1 aromatic rings. The first-order valence-electron chi connectivity index (χ1n) is 6.12. The van der Waals surface area contributed by atoms with Gasteiger partial charge in [-0.25, -0.2) is 0 Å². The zero-order chi connectivity index (χ0) is 16.3. The SMILES string of the molecule is COC(C)(C)CNC(=O)c1cccc(C(F)(F)F)c1NN. The maximum atomic E-state index is 12.9. The van der Waals surface area contributed by atoms with E-state index in [0.717, 1.165) is 12.1 Å². The molecule has 0 spiro atoms. The third kappa shape index (κ3) is 4.33. The fourth-order valence-electron chi connectivity index (χ4n) is 1.59. The summed E-state index contributed by atoms with van der Waals surface area (Å²) in [5.41, 5.74) is -0.319. The van der Waals surface area contributed by atoms with E-state index in [2.05, 4.69) is 5.32 Å². The summed E-state index contributed by atoms with van der Waals surface area (Å²) in [6.07, 6.45) is -4.61. The Morgan fingerprint density at radius 2 is 1.95 bits per heavy atom. The standard InChI is InChI=1S/C13H18F3N3O2/c1-12(2,21-3)7-18-11(20)8-5-4-6-9(10(8)19-17)13(14,15)16/h4-6,19H,7,17H2,1-3H3,(H,18,20). The van der Waals surface area contributed by atoms with Crippen molar-refractivity contribution < 1.29 is 22.7 Å². The molecular weight excluding hydrogens is 287 g/mol. The van der Waals surface area contributed by atoms with E-state index in [4.69, 9.17) is 10.6 Å². The minimum absolute atomic E-state index is 0.141. The monoisotopic (exact) mass is 305 g/mol. The van der Waals surface area contributed by atoms with E-state index in [0.29, 0.717) is 0 Å². The largest absolute Gasteiger partial charge is 0.418 e. The van der Waals surface area contributed by atoms with Crippen LogP contribution in [0, 0.1) is 0 Å². The summed E-state index contributed by atoms with van der Waals surface area (Å²) in [5, 5.41) is 2.52. The first-order valence-corrected chi connectivity index (χ1v) is 6.12. The zero-order valence-electron chi connectivity index (χ0n) is 12.0. The summed E-state index contributed by atoms with van der Waals surface area (Å²) in [6.45, 7) is 3.62. The molecule has 0 aliphatic rings. The third-order valence-corrected chi connectivity index (χ3v) is 2.99. The number of para-hydroxylation sites is 1. The second-order valence-corrected chi connectivity index (χ2v) is 5.02. The maximum absolute atomic E-state index is 12.9. The fourth-order valence-corrected chi connectivity index (χ4v) is 1.59. The summed E-state index contributed by atoms with van der Waals surface area (Å²) in [7, 11) is 1.48. The lowest BCUT2D eigenvalue weighted by atomic mass is 10.1. The zero-order valence-corrected chi connectivity index (χ0v) is 12.0. The van der Waals surface area contributed by atoms with Crippen LogP contribution in [0.1, 0.15) is 29.8 Å². The molecule has 0 aliphatic carbocycles. The Kier molecular flexibility index (Phi) is 5.19. The van der Waals surface area contributed by atoms with Crippen molar-refractivity contribution in [3.05, 3.63) is 29.3 Å². The summed E-state index contributed by atoms with van der Waals surface area (Å²) >= 11 is 0. The molecule has 0 fully saturated rings. The van der Waals surface area contributed by atoms with Crippen LogP contribution in [0.5, 0.6) is 0 Å². The fraction of sp³-hybridized carbons (Fsp3) is 0.462. The minimum atomic E-state index is -4.61. The van der Waals surface area contributed by atoms with Crippen molar-refractivity contribution in [2.75, 3.05) is 19.1 Å². The number of nitrogens with two attached hydrogens (primary N) is 1. The smallest absolute Gasteiger partial charge is 0.377 e. The first-order chi connectivity index (χ1) is 9.62. The Hall–Kier alpha value is -1.80. The second-order valence-electron chi connectivity index (χ2n) is 5.02. The van der Waals surface area contributed by atoms with E-state index >= 15 is 0 Å². The van der Waals surface area contributed by atoms with Crippen LogP contribution in [-0.2, 0) is 10.9 Å². The Balaban J connectivity index is 3.05. The molecular formula is C13H18F3N3O2. The molecule has 1 rings (SSSR count). The van der Waals surface area contributed by atoms with Gasteiger partial charge in [0, 0.05) is 13.7 Å². The predicted octanol–water partition coefficient (Wildman–Crippen LogP) is 2.15. The van der Waals surface area contributed by atoms with Crippen molar-refractivity contribution in [3.8, 4) is 0 Å². The number of hydrogen-bond donors (Lipinski definition) is 3. The lowest BCUT2D eigenvalue weighted by Crippen LogP contribution is -2.40. The lowest BCUT2D eigenvalue weighted by Gasteiger charge is -2.23. The van der Waals surface area contributed by atoms with E-state index < -0.39 is 28.9 Å². The number of halogens is 3. The molecule has 0 unspecified atom stereocenters. The number of benzene rings is 1. The van der Waals surface area contributed by atoms with Crippen molar-refractivity contribution in [3.63, 3.8) is 0 Å². The minimum Gasteiger partial charge on any atom is -0.377 e. The number of carbonyl (C=O) groups excluding carboxylic acids is 1. The quantitative estimate of drug-likeness (QED) is 0.575. The molecule has 0 aromatic heterocycles. The van der Waals surface area contributed by atoms with E-state index in [1.807, 2.05) is 5.43 Å². The predicted molar refractivity (Wildman–Crippen MR) is 72.7 cm³/mol. The number of rotatable bonds is 5. The maximum Gasteiger partial charge on any atom is 0.418 e. The molecule has 5 nitrogen and oxygen atoms in total. The number of alkyl halides is 3. The van der Waals surface area contributed by atoms with Crippen LogP contribution >= 0.6 is 0 Å². The van der Waals surface area contributed by atoms with Crippen LogP contribution in [0.25, 0.3) is 0 Å². The molecule has 118 valence electrons. The molecule has 0 atom stereocenters. The Morgan fingerprint density at radius 1 is 1.33 bits per heavy atom. The number of nitrogens with one attached hydrogen (secondary N) is 2. The molecule has 0 saturated heterocycles. The van der Waals surface area contributed by atoms with Gasteiger partial charge in [-0.05, 0) is 26.0 Å². The number of anilines is 1. The van der Waals surface area contributed by atoms with Crippen LogP contribution in [0.15, 0.2) is 18.2 Å². The van der Waals surface area contributed by atoms with Gasteiger partial charge in [0.2, 0.25) is 0 Å². The van der Waals surface area contributed by atoms with Crippen LogP contribution in [0.2, 0.25) is 0 Å². The van der Waals surface area contributed by atoms with E-state index in [9.17, 15) is 18.0 Å². The average molecular weight is 305 g/mol. The van der Waals surface area contributed by atoms with Gasteiger partial charge in [0.25, 0.3) is 5.91 Å². The van der Waals surface area contributed by atoms with E-state index in [1.165, 1.54) is 13.2 Å². The highest BCUT2D eigenvalue weighted by molar-refractivity contribution is 6.00. The van der Waals surface area contributed by atoms with Crippen LogP contribution < -0.4 is 16.6 Å². The number of methoxy groups -OCH3 is 1. The van der Waals surface area contributed by atoms with Crippen molar-refractivity contribution in [1.29, 1.82) is 0 Å². The third-order valence-electron chi connectivity index (χ3n) is 2.99. The number of carbonyl (C=O) groups is 1. The average Bonchev–Trinajstić information content (AvgIpc) is 2.43. The summed E-state index contributed by atoms with van der Waals surface area (Å²) in [6, 6.07) is 3.27. The number of ether oxygens (including phenoxy) is 1. The summed E-state index contributed by atoms with van der Waals surface area (Å²) in [4.78, 5) is 12.0. The van der Waals surface area contributed by atoms with Crippen LogP contribution in [-0.4, -0.2) is 25.2 Å². The number of hydrogen-bond acceptors (Lipinski definition) is 4. The molecule has 1 aromatic carbocycles. The van der Waals surface area contributed by atoms with Gasteiger partial charge >= 0.3 is 6.18 Å². The van der Waals surface area contributed by atoms with E-state index in [-0.39, 0.29) is 12.1 Å². The van der Waals surface area contributed by atoms with Gasteiger partial charge in [-0.15, -0.1) is 0 Å². The van der Waals surface area contributed by atoms with Gasteiger partial charge in [-0.3, -0.25) is 10.6 Å². The molecule has 21 heavy (non-hydrogen) atoms. The van der Waals surface area contributed by atoms with E-state index in [1.54, 1.807) is 13.8 Å².